The summed E-state index contributed by atoms with van der Waals surface area (Å²) in [5, 5.41) is 14.0. The Morgan fingerprint density at radius 1 is 1.58 bits per heavy atom. The third-order valence-electron chi connectivity index (χ3n) is 2.71. The highest BCUT2D eigenvalue weighted by Crippen LogP contribution is 2.22. The molecule has 0 radical (unpaired) electrons. The molecule has 0 aliphatic rings. The summed E-state index contributed by atoms with van der Waals surface area (Å²) in [6, 6.07) is 4.03. The molecule has 0 aromatic carbocycles. The predicted octanol–water partition coefficient (Wildman–Crippen LogP) is 1.90. The van der Waals surface area contributed by atoms with Gasteiger partial charge in [0.05, 0.1) is 17.9 Å². The van der Waals surface area contributed by atoms with Gasteiger partial charge in [-0.15, -0.1) is 11.3 Å². The molecule has 0 unspecified atom stereocenters. The molecule has 6 nitrogen and oxygen atoms in total. The average Bonchev–Trinajstić information content (AvgIpc) is 3.01. The summed E-state index contributed by atoms with van der Waals surface area (Å²) in [7, 11) is 4.00. The molecular weight excluding hydrogens is 262 g/mol. The Kier molecular flexibility index (Phi) is 4.53. The van der Waals surface area contributed by atoms with Gasteiger partial charge in [0.15, 0.2) is 0 Å². The van der Waals surface area contributed by atoms with E-state index >= 15 is 0 Å². The summed E-state index contributed by atoms with van der Waals surface area (Å²) in [5.74, 6) is 0. The molecule has 2 heterocycles. The number of hydrogen-bond donors (Lipinski definition) is 3. The minimum Gasteiger partial charge on any atom is -0.336 e. The molecule has 2 aromatic rings. The first kappa shape index (κ1) is 13.6. The molecule has 2 aromatic heterocycles. The SMILES string of the molecule is CN(C)[C@@H](CNC(=O)Nc1cn[nH]c1)c1cccs1. The van der Waals surface area contributed by atoms with Gasteiger partial charge in [-0.2, -0.15) is 5.10 Å². The molecule has 102 valence electrons. The standard InChI is InChI=1S/C12H17N5OS/c1-17(2)10(11-4-3-5-19-11)8-13-12(18)16-9-6-14-15-7-9/h3-7,10H,8H2,1-2H3,(H,14,15)(H2,13,16,18)/t10-/m0/s1. The lowest BCUT2D eigenvalue weighted by Gasteiger charge is -2.23. The summed E-state index contributed by atoms with van der Waals surface area (Å²) in [6.45, 7) is 0.553. The van der Waals surface area contributed by atoms with Crippen LogP contribution in [0.15, 0.2) is 29.9 Å². The van der Waals surface area contributed by atoms with Crippen molar-refractivity contribution in [3.63, 3.8) is 0 Å². The van der Waals surface area contributed by atoms with E-state index in [0.29, 0.717) is 12.2 Å². The molecule has 0 saturated heterocycles. The van der Waals surface area contributed by atoms with Crippen molar-refractivity contribution in [2.45, 2.75) is 6.04 Å². The van der Waals surface area contributed by atoms with Crippen LogP contribution in [-0.2, 0) is 0 Å². The number of nitrogens with one attached hydrogen (secondary N) is 3. The molecule has 19 heavy (non-hydrogen) atoms. The number of carbonyl (C=O) groups is 1. The molecule has 7 heteroatoms. The van der Waals surface area contributed by atoms with Crippen LogP contribution in [0, 0.1) is 0 Å². The lowest BCUT2D eigenvalue weighted by molar-refractivity contribution is 0.244. The topological polar surface area (TPSA) is 73.1 Å². The third kappa shape index (κ3) is 3.80. The van der Waals surface area contributed by atoms with Crippen LogP contribution in [0.25, 0.3) is 0 Å². The number of aromatic amines is 1. The van der Waals surface area contributed by atoms with Gasteiger partial charge in [-0.25, -0.2) is 4.79 Å². The van der Waals surface area contributed by atoms with Crippen molar-refractivity contribution in [3.05, 3.63) is 34.8 Å². The number of urea groups is 1. The van der Waals surface area contributed by atoms with Crippen LogP contribution in [0.2, 0.25) is 0 Å². The molecule has 1 atom stereocenters. The van der Waals surface area contributed by atoms with Crippen LogP contribution >= 0.6 is 11.3 Å². The largest absolute Gasteiger partial charge is 0.336 e. The summed E-state index contributed by atoms with van der Waals surface area (Å²) in [4.78, 5) is 15.0. The van der Waals surface area contributed by atoms with Gasteiger partial charge < -0.3 is 15.5 Å². The number of hydrogen-bond acceptors (Lipinski definition) is 4. The number of aromatic nitrogens is 2. The molecule has 0 spiro atoms. The Balaban J connectivity index is 1.87. The highest BCUT2D eigenvalue weighted by atomic mass is 32.1. The lowest BCUT2D eigenvalue weighted by atomic mass is 10.2. The molecule has 2 amide bonds. The molecule has 0 aliphatic heterocycles. The minimum absolute atomic E-state index is 0.176. The average molecular weight is 279 g/mol. The van der Waals surface area contributed by atoms with E-state index in [4.69, 9.17) is 0 Å². The lowest BCUT2D eigenvalue weighted by Crippen LogP contribution is -2.36. The van der Waals surface area contributed by atoms with Crippen LogP contribution in [0.4, 0.5) is 10.5 Å². The van der Waals surface area contributed by atoms with E-state index in [0.717, 1.165) is 0 Å². The van der Waals surface area contributed by atoms with Crippen molar-refractivity contribution in [1.29, 1.82) is 0 Å². The van der Waals surface area contributed by atoms with Crippen molar-refractivity contribution in [1.82, 2.24) is 20.4 Å². The summed E-state index contributed by atoms with van der Waals surface area (Å²) < 4.78 is 0. The minimum atomic E-state index is -0.232. The fourth-order valence-corrected chi connectivity index (χ4v) is 2.63. The molecule has 2 rings (SSSR count). The Morgan fingerprint density at radius 2 is 2.42 bits per heavy atom. The van der Waals surface area contributed by atoms with E-state index in [-0.39, 0.29) is 12.1 Å². The second-order valence-electron chi connectivity index (χ2n) is 4.32. The normalized spacial score (nSPS) is 12.4. The fraction of sp³-hybridized carbons (Fsp3) is 0.333. The van der Waals surface area contributed by atoms with Gasteiger partial charge in [0.25, 0.3) is 0 Å². The van der Waals surface area contributed by atoms with Gasteiger partial charge in [-0.05, 0) is 25.5 Å². The van der Waals surface area contributed by atoms with Gasteiger partial charge in [0, 0.05) is 17.6 Å². The summed E-state index contributed by atoms with van der Waals surface area (Å²) in [5.41, 5.74) is 0.648. The van der Waals surface area contributed by atoms with E-state index in [1.54, 1.807) is 23.7 Å². The number of carbonyl (C=O) groups excluding carboxylic acids is 1. The van der Waals surface area contributed by atoms with Crippen LogP contribution in [0.3, 0.4) is 0 Å². The van der Waals surface area contributed by atoms with Crippen LogP contribution in [0.1, 0.15) is 10.9 Å². The third-order valence-corrected chi connectivity index (χ3v) is 3.68. The quantitative estimate of drug-likeness (QED) is 0.782. The maximum atomic E-state index is 11.7. The van der Waals surface area contributed by atoms with Gasteiger partial charge in [0.2, 0.25) is 0 Å². The highest BCUT2D eigenvalue weighted by Gasteiger charge is 2.16. The van der Waals surface area contributed by atoms with Gasteiger partial charge in [-0.1, -0.05) is 6.07 Å². The van der Waals surface area contributed by atoms with E-state index in [1.807, 2.05) is 25.5 Å². The Morgan fingerprint density at radius 3 is 3.00 bits per heavy atom. The number of anilines is 1. The number of likely N-dealkylation sites (N-methyl/N-ethyl adjacent to an activating group) is 1. The smallest absolute Gasteiger partial charge is 0.319 e. The monoisotopic (exact) mass is 279 g/mol. The first-order valence-corrected chi connectivity index (χ1v) is 6.78. The zero-order chi connectivity index (χ0) is 13.7. The van der Waals surface area contributed by atoms with Crippen molar-refractivity contribution in [2.75, 3.05) is 26.0 Å². The van der Waals surface area contributed by atoms with Crippen molar-refractivity contribution >= 4 is 23.1 Å². The predicted molar refractivity (Wildman–Crippen MR) is 76.4 cm³/mol. The van der Waals surface area contributed by atoms with Gasteiger partial charge in [0.1, 0.15) is 0 Å². The van der Waals surface area contributed by atoms with Crippen molar-refractivity contribution in [2.24, 2.45) is 0 Å². The van der Waals surface area contributed by atoms with Gasteiger partial charge in [-0.3, -0.25) is 5.10 Å². The molecule has 0 aliphatic carbocycles. The first-order valence-electron chi connectivity index (χ1n) is 5.90. The number of thiophene rings is 1. The Labute approximate surface area is 115 Å². The zero-order valence-corrected chi connectivity index (χ0v) is 11.7. The summed E-state index contributed by atoms with van der Waals surface area (Å²) in [6.07, 6.45) is 3.19. The number of H-pyrrole nitrogens is 1. The van der Waals surface area contributed by atoms with Crippen LogP contribution in [-0.4, -0.2) is 41.8 Å². The van der Waals surface area contributed by atoms with E-state index < -0.39 is 0 Å². The molecule has 0 saturated carbocycles. The van der Waals surface area contributed by atoms with Crippen molar-refractivity contribution < 1.29 is 4.79 Å². The van der Waals surface area contributed by atoms with E-state index in [2.05, 4.69) is 31.8 Å². The van der Waals surface area contributed by atoms with Crippen LogP contribution < -0.4 is 10.6 Å². The number of nitrogens with zero attached hydrogens (tertiary/aromatic N) is 2. The maximum absolute atomic E-state index is 11.7. The van der Waals surface area contributed by atoms with E-state index in [9.17, 15) is 4.79 Å². The zero-order valence-electron chi connectivity index (χ0n) is 10.9. The van der Waals surface area contributed by atoms with Crippen molar-refractivity contribution in [3.8, 4) is 0 Å². The Hall–Kier alpha value is -1.86. The first-order chi connectivity index (χ1) is 9.16. The second kappa shape index (κ2) is 6.35. The number of amides is 2. The second-order valence-corrected chi connectivity index (χ2v) is 5.30. The fourth-order valence-electron chi connectivity index (χ4n) is 1.70. The number of rotatable bonds is 5. The molecule has 0 bridgehead atoms. The molecule has 3 N–H and O–H groups in total. The Bertz CT molecular complexity index is 494. The maximum Gasteiger partial charge on any atom is 0.319 e. The van der Waals surface area contributed by atoms with Gasteiger partial charge >= 0.3 is 6.03 Å². The van der Waals surface area contributed by atoms with Crippen LogP contribution in [0.5, 0.6) is 0 Å². The molecule has 0 fully saturated rings. The summed E-state index contributed by atoms with van der Waals surface area (Å²) >= 11 is 1.69. The highest BCUT2D eigenvalue weighted by molar-refractivity contribution is 7.10. The van der Waals surface area contributed by atoms with E-state index in [1.165, 1.54) is 4.88 Å². The molecular formula is C12H17N5OS.